The van der Waals surface area contributed by atoms with Crippen LogP contribution in [0.25, 0.3) is 0 Å². The molecule has 1 saturated carbocycles. The highest BCUT2D eigenvalue weighted by Gasteiger charge is 2.33. The Morgan fingerprint density at radius 3 is 2.63 bits per heavy atom. The summed E-state index contributed by atoms with van der Waals surface area (Å²) in [6, 6.07) is 5.00. The number of amides is 1. The molecule has 1 saturated heterocycles. The molecule has 1 aromatic rings. The molecule has 1 N–H and O–H groups in total. The molecule has 0 aromatic heterocycles. The van der Waals surface area contributed by atoms with Gasteiger partial charge in [0.1, 0.15) is 16.3 Å². The van der Waals surface area contributed by atoms with Crippen LogP contribution < -0.4 is 5.32 Å². The second-order valence-electron chi connectivity index (χ2n) is 6.75. The topological polar surface area (TPSA) is 94.4 Å². The molecular weight excluding hydrogens is 410 g/mol. The summed E-state index contributed by atoms with van der Waals surface area (Å²) in [5.41, 5.74) is 1.01. The van der Waals surface area contributed by atoms with Gasteiger partial charge in [0.2, 0.25) is 15.9 Å². The van der Waals surface area contributed by atoms with Gasteiger partial charge in [-0.05, 0) is 37.4 Å². The third-order valence-corrected chi connectivity index (χ3v) is 7.34. The van der Waals surface area contributed by atoms with Gasteiger partial charge >= 0.3 is 0 Å². The Balaban J connectivity index is 0.00000210. The van der Waals surface area contributed by atoms with E-state index in [2.05, 4.69) is 14.0 Å². The van der Waals surface area contributed by atoms with Gasteiger partial charge in [-0.15, -0.1) is 12.4 Å². The van der Waals surface area contributed by atoms with Gasteiger partial charge < -0.3 is 10.2 Å². The van der Waals surface area contributed by atoms with E-state index in [1.807, 2.05) is 0 Å². The van der Waals surface area contributed by atoms with E-state index in [9.17, 15) is 13.2 Å². The lowest BCUT2D eigenvalue weighted by Gasteiger charge is -2.34. The zero-order chi connectivity index (χ0) is 18.1. The zero-order valence-corrected chi connectivity index (χ0v) is 17.2. The van der Waals surface area contributed by atoms with Crippen LogP contribution in [-0.4, -0.2) is 62.8 Å². The minimum absolute atomic E-state index is 0. The van der Waals surface area contributed by atoms with Gasteiger partial charge in [-0.3, -0.25) is 4.79 Å². The highest BCUT2D eigenvalue weighted by Crippen LogP contribution is 2.38. The molecule has 148 valence electrons. The molecule has 0 unspecified atom stereocenters. The maximum absolute atomic E-state index is 13.0. The van der Waals surface area contributed by atoms with Crippen molar-refractivity contribution < 1.29 is 13.2 Å². The first-order chi connectivity index (χ1) is 12.6. The molecule has 1 amide bonds. The van der Waals surface area contributed by atoms with E-state index in [-0.39, 0.29) is 23.2 Å². The van der Waals surface area contributed by atoms with Crippen LogP contribution in [0.15, 0.2) is 31.8 Å². The van der Waals surface area contributed by atoms with Crippen molar-refractivity contribution in [3.05, 3.63) is 18.2 Å². The van der Waals surface area contributed by atoms with Crippen LogP contribution in [0.4, 0.5) is 11.4 Å². The first-order valence-corrected chi connectivity index (χ1v) is 10.9. The minimum Gasteiger partial charge on any atom is -0.339 e. The first-order valence-electron chi connectivity index (χ1n) is 8.75. The minimum atomic E-state index is -3.64. The van der Waals surface area contributed by atoms with Crippen LogP contribution in [0.1, 0.15) is 12.8 Å². The monoisotopic (exact) mass is 431 g/mol. The fraction of sp³-hybridized carbons (Fsp3) is 0.562. The second kappa shape index (κ2) is 8.36. The summed E-state index contributed by atoms with van der Waals surface area (Å²) in [5, 5.41) is 3.19. The highest BCUT2D eigenvalue weighted by molar-refractivity contribution is 7.89. The first kappa shape index (κ1) is 20.4. The van der Waals surface area contributed by atoms with Crippen molar-refractivity contribution in [3.63, 3.8) is 0 Å². The average Bonchev–Trinajstić information content (AvgIpc) is 3.34. The number of rotatable bonds is 6. The zero-order valence-electron chi connectivity index (χ0n) is 14.7. The fourth-order valence-corrected chi connectivity index (χ4v) is 5.30. The van der Waals surface area contributed by atoms with Gasteiger partial charge in [0.25, 0.3) is 0 Å². The molecule has 0 bridgehead atoms. The lowest BCUT2D eigenvalue weighted by atomic mass is 10.3. The molecule has 2 heterocycles. The number of nitrogens with one attached hydrogen (secondary N) is 1. The van der Waals surface area contributed by atoms with E-state index < -0.39 is 10.0 Å². The van der Waals surface area contributed by atoms with E-state index >= 15 is 0 Å². The molecule has 2 aliphatic heterocycles. The van der Waals surface area contributed by atoms with Gasteiger partial charge in [0.15, 0.2) is 0 Å². The van der Waals surface area contributed by atoms with Gasteiger partial charge in [-0.1, -0.05) is 6.07 Å². The summed E-state index contributed by atoms with van der Waals surface area (Å²) in [6.45, 7) is 2.64. The van der Waals surface area contributed by atoms with Crippen LogP contribution in [-0.2, 0) is 26.2 Å². The summed E-state index contributed by atoms with van der Waals surface area (Å²) in [5.74, 6) is 0.765. The second-order valence-corrected chi connectivity index (χ2v) is 9.18. The van der Waals surface area contributed by atoms with Gasteiger partial charge in [-0.25, -0.2) is 8.42 Å². The molecule has 1 aromatic carbocycles. The molecule has 2 fully saturated rings. The SMILES string of the molecule is Cl.O=C(CNCC1CC1)N1CCN(S(=O)(=O)c2cccc3c2N=S=N3)CC1. The van der Waals surface area contributed by atoms with Crippen molar-refractivity contribution in [1.29, 1.82) is 0 Å². The number of carbonyl (C=O) groups is 1. The van der Waals surface area contributed by atoms with Crippen LogP contribution >= 0.6 is 12.4 Å². The van der Waals surface area contributed by atoms with Gasteiger partial charge in [0, 0.05) is 26.2 Å². The summed E-state index contributed by atoms with van der Waals surface area (Å²) < 4.78 is 35.6. The van der Waals surface area contributed by atoms with Crippen LogP contribution in [0.3, 0.4) is 0 Å². The number of fused-ring (bicyclic) bond motifs is 1. The average molecular weight is 432 g/mol. The van der Waals surface area contributed by atoms with Crippen LogP contribution in [0, 0.1) is 5.92 Å². The number of nitrogens with zero attached hydrogens (tertiary/aromatic N) is 4. The molecule has 0 radical (unpaired) electrons. The molecule has 11 heteroatoms. The standard InChI is InChI=1S/C16H21N5O3S2.ClH/c22-15(11-17-10-12-4-5-12)20-6-8-21(9-7-20)26(23,24)14-3-1-2-13-16(14)19-25-18-13;/h1-3,12,17H,4-11H2;1H. The summed E-state index contributed by atoms with van der Waals surface area (Å²) >= 11 is 1.01. The summed E-state index contributed by atoms with van der Waals surface area (Å²) in [4.78, 5) is 14.2. The van der Waals surface area contributed by atoms with Crippen LogP contribution in [0.5, 0.6) is 0 Å². The van der Waals surface area contributed by atoms with E-state index in [0.29, 0.717) is 44.1 Å². The fourth-order valence-electron chi connectivity index (χ4n) is 3.12. The maximum atomic E-state index is 13.0. The van der Waals surface area contributed by atoms with Crippen molar-refractivity contribution in [2.75, 3.05) is 39.3 Å². The smallest absolute Gasteiger partial charge is 0.245 e. The van der Waals surface area contributed by atoms with Crippen molar-refractivity contribution in [3.8, 4) is 0 Å². The number of sulfonamides is 1. The number of carbonyl (C=O) groups excluding carboxylic acids is 1. The Morgan fingerprint density at radius 2 is 1.93 bits per heavy atom. The molecule has 3 aliphatic rings. The van der Waals surface area contributed by atoms with E-state index in [1.165, 1.54) is 17.1 Å². The lowest BCUT2D eigenvalue weighted by Crippen LogP contribution is -2.52. The van der Waals surface area contributed by atoms with Crippen molar-refractivity contribution >= 4 is 51.1 Å². The maximum Gasteiger partial charge on any atom is 0.245 e. The largest absolute Gasteiger partial charge is 0.339 e. The third-order valence-electron chi connectivity index (χ3n) is 4.86. The summed E-state index contributed by atoms with van der Waals surface area (Å²) in [7, 11) is -3.64. The number of piperazine rings is 1. The Labute approximate surface area is 168 Å². The third kappa shape index (κ3) is 4.40. The Morgan fingerprint density at radius 1 is 1.19 bits per heavy atom. The Bertz CT molecular complexity index is 889. The van der Waals surface area contributed by atoms with Crippen molar-refractivity contribution in [2.45, 2.75) is 17.7 Å². The molecule has 0 atom stereocenters. The normalized spacial score (nSPS) is 19.3. The highest BCUT2D eigenvalue weighted by atomic mass is 35.5. The predicted molar refractivity (Wildman–Crippen MR) is 106 cm³/mol. The van der Waals surface area contributed by atoms with Gasteiger partial charge in [-0.2, -0.15) is 13.0 Å². The molecule has 0 spiro atoms. The number of hydrogen-bond donors (Lipinski definition) is 1. The Kier molecular flexibility index (Phi) is 6.32. The van der Waals surface area contributed by atoms with Crippen molar-refractivity contribution in [1.82, 2.24) is 14.5 Å². The molecule has 8 nitrogen and oxygen atoms in total. The lowest BCUT2D eigenvalue weighted by molar-refractivity contribution is -0.131. The predicted octanol–water partition coefficient (Wildman–Crippen LogP) is 1.67. The quantitative estimate of drug-likeness (QED) is 0.752. The van der Waals surface area contributed by atoms with E-state index in [4.69, 9.17) is 0 Å². The summed E-state index contributed by atoms with van der Waals surface area (Å²) in [6.07, 6.45) is 2.50. The van der Waals surface area contributed by atoms with Crippen molar-refractivity contribution in [2.24, 2.45) is 14.6 Å². The molecule has 27 heavy (non-hydrogen) atoms. The number of halogens is 1. The molecule has 1 aliphatic carbocycles. The molecule has 4 rings (SSSR count). The number of hydrogen-bond acceptors (Lipinski definition) is 6. The van der Waals surface area contributed by atoms with Gasteiger partial charge in [0.05, 0.1) is 17.9 Å². The Hall–Kier alpha value is -1.33. The molecular formula is C16H22ClN5O3S2. The van der Waals surface area contributed by atoms with E-state index in [0.717, 1.165) is 23.8 Å². The number of benzene rings is 1. The van der Waals surface area contributed by atoms with Crippen LogP contribution in [0.2, 0.25) is 0 Å². The van der Waals surface area contributed by atoms with E-state index in [1.54, 1.807) is 23.1 Å².